The Balaban J connectivity index is 2.22. The van der Waals surface area contributed by atoms with E-state index in [1.807, 2.05) is 0 Å². The first-order valence-electron chi connectivity index (χ1n) is 6.34. The van der Waals surface area contributed by atoms with Crippen LogP contribution in [-0.4, -0.2) is 23.6 Å². The summed E-state index contributed by atoms with van der Waals surface area (Å²) < 4.78 is 65.4. The van der Waals surface area contributed by atoms with Gasteiger partial charge in [0, 0.05) is 5.56 Å². The molecule has 5 nitrogen and oxygen atoms in total. The number of hydrogen-bond acceptors (Lipinski definition) is 4. The zero-order chi connectivity index (χ0) is 16.7. The van der Waals surface area contributed by atoms with Crippen LogP contribution in [-0.2, 0) is 10.1 Å². The van der Waals surface area contributed by atoms with Crippen LogP contribution < -0.4 is 4.28 Å². The van der Waals surface area contributed by atoms with Crippen molar-refractivity contribution in [2.45, 2.75) is 5.51 Å². The second-order valence-electron chi connectivity index (χ2n) is 4.56. The van der Waals surface area contributed by atoms with Gasteiger partial charge in [-0.3, -0.25) is 4.28 Å². The van der Waals surface area contributed by atoms with Gasteiger partial charge >= 0.3 is 15.6 Å². The van der Waals surface area contributed by atoms with Crippen LogP contribution in [0.5, 0.6) is 0 Å². The van der Waals surface area contributed by atoms with Crippen LogP contribution in [0.4, 0.5) is 13.2 Å². The molecule has 0 N–H and O–H groups in total. The molecule has 0 amide bonds. The number of aromatic nitrogens is 2. The van der Waals surface area contributed by atoms with E-state index >= 15 is 0 Å². The van der Waals surface area contributed by atoms with Crippen molar-refractivity contribution < 1.29 is 25.9 Å². The van der Waals surface area contributed by atoms with Crippen molar-refractivity contribution >= 4 is 21.2 Å². The standard InChI is InChI=1S/C14H9F3N2O3S/c15-14(16,17)23(20,21)22-19-12-9-5-4-8-11(12)18-13(19)10-6-2-1-3-7-10/h1-9H. The lowest BCUT2D eigenvalue weighted by Gasteiger charge is -2.12. The minimum atomic E-state index is -5.82. The molecular weight excluding hydrogens is 333 g/mol. The van der Waals surface area contributed by atoms with Gasteiger partial charge < -0.3 is 0 Å². The summed E-state index contributed by atoms with van der Waals surface area (Å²) in [5.74, 6) is -0.0420. The van der Waals surface area contributed by atoms with E-state index in [0.29, 0.717) is 15.8 Å². The summed E-state index contributed by atoms with van der Waals surface area (Å²) >= 11 is 0. The fourth-order valence-corrected chi connectivity index (χ4v) is 2.42. The van der Waals surface area contributed by atoms with E-state index in [0.717, 1.165) is 0 Å². The Kier molecular flexibility index (Phi) is 3.52. The minimum absolute atomic E-state index is 0.0420. The van der Waals surface area contributed by atoms with Gasteiger partial charge in [0.1, 0.15) is 5.52 Å². The van der Waals surface area contributed by atoms with Gasteiger partial charge in [-0.05, 0) is 12.1 Å². The average Bonchev–Trinajstić information content (AvgIpc) is 2.85. The first-order chi connectivity index (χ1) is 10.8. The van der Waals surface area contributed by atoms with Gasteiger partial charge in [0.2, 0.25) is 0 Å². The largest absolute Gasteiger partial charge is 0.536 e. The molecule has 2 aromatic carbocycles. The lowest BCUT2D eigenvalue weighted by molar-refractivity contribution is -0.0542. The first kappa shape index (κ1) is 15.3. The molecule has 3 rings (SSSR count). The Morgan fingerprint density at radius 1 is 0.957 bits per heavy atom. The normalized spacial score (nSPS) is 12.5. The topological polar surface area (TPSA) is 61.2 Å². The highest BCUT2D eigenvalue weighted by Crippen LogP contribution is 2.28. The molecule has 0 spiro atoms. The van der Waals surface area contributed by atoms with Gasteiger partial charge in [-0.15, -0.1) is 4.73 Å². The highest BCUT2D eigenvalue weighted by atomic mass is 32.2. The van der Waals surface area contributed by atoms with E-state index in [1.165, 1.54) is 6.07 Å². The Bertz CT molecular complexity index is 950. The van der Waals surface area contributed by atoms with E-state index in [-0.39, 0.29) is 11.3 Å². The molecule has 120 valence electrons. The molecule has 0 saturated heterocycles. The number of alkyl halides is 3. The number of fused-ring (bicyclic) bond motifs is 1. The van der Waals surface area contributed by atoms with Crippen LogP contribution in [0.15, 0.2) is 54.6 Å². The van der Waals surface area contributed by atoms with Crippen molar-refractivity contribution in [3.8, 4) is 11.4 Å². The third-order valence-electron chi connectivity index (χ3n) is 3.01. The van der Waals surface area contributed by atoms with Crippen molar-refractivity contribution in [3.05, 3.63) is 54.6 Å². The molecule has 23 heavy (non-hydrogen) atoms. The fourth-order valence-electron chi connectivity index (χ4n) is 1.99. The van der Waals surface area contributed by atoms with Gasteiger partial charge in [-0.1, -0.05) is 42.5 Å². The molecule has 1 aromatic heterocycles. The van der Waals surface area contributed by atoms with Gasteiger partial charge in [0.15, 0.2) is 5.82 Å². The van der Waals surface area contributed by atoms with E-state index in [4.69, 9.17) is 0 Å². The summed E-state index contributed by atoms with van der Waals surface area (Å²) in [6.45, 7) is 0. The minimum Gasteiger partial charge on any atom is -0.279 e. The summed E-state index contributed by atoms with van der Waals surface area (Å²) in [4.78, 5) is 4.16. The molecule has 0 radical (unpaired) electrons. The molecule has 0 saturated carbocycles. The summed E-state index contributed by atoms with van der Waals surface area (Å²) in [6.07, 6.45) is 0. The van der Waals surface area contributed by atoms with Crippen molar-refractivity contribution in [1.82, 2.24) is 9.71 Å². The summed E-state index contributed by atoms with van der Waals surface area (Å²) in [5, 5.41) is 0. The number of halogens is 3. The lowest BCUT2D eigenvalue weighted by atomic mass is 10.2. The maximum absolute atomic E-state index is 12.6. The Morgan fingerprint density at radius 3 is 2.22 bits per heavy atom. The maximum Gasteiger partial charge on any atom is 0.536 e. The number of rotatable bonds is 3. The van der Waals surface area contributed by atoms with Crippen LogP contribution in [0.2, 0.25) is 0 Å². The third kappa shape index (κ3) is 2.74. The summed E-state index contributed by atoms with van der Waals surface area (Å²) in [5.41, 5.74) is -4.70. The number of nitrogens with zero attached hydrogens (tertiary/aromatic N) is 2. The monoisotopic (exact) mass is 342 g/mol. The average molecular weight is 342 g/mol. The zero-order valence-electron chi connectivity index (χ0n) is 11.4. The third-order valence-corrected chi connectivity index (χ3v) is 3.92. The van der Waals surface area contributed by atoms with Gasteiger partial charge in [-0.2, -0.15) is 21.6 Å². The highest BCUT2D eigenvalue weighted by molar-refractivity contribution is 7.87. The molecule has 0 fully saturated rings. The molecular formula is C14H9F3N2O3S. The molecule has 0 unspecified atom stereocenters. The molecule has 0 aliphatic carbocycles. The van der Waals surface area contributed by atoms with Gasteiger partial charge in [0.05, 0.1) is 5.52 Å². The quantitative estimate of drug-likeness (QED) is 0.687. The second-order valence-corrected chi connectivity index (χ2v) is 6.08. The fraction of sp³-hybridized carbons (Fsp3) is 0.0714. The predicted octanol–water partition coefficient (Wildman–Crippen LogP) is 2.98. The van der Waals surface area contributed by atoms with Crippen molar-refractivity contribution in [1.29, 1.82) is 0 Å². The van der Waals surface area contributed by atoms with Crippen molar-refractivity contribution in [3.63, 3.8) is 0 Å². The van der Waals surface area contributed by atoms with E-state index < -0.39 is 15.6 Å². The summed E-state index contributed by atoms with van der Waals surface area (Å²) in [7, 11) is -5.82. The molecule has 0 aliphatic rings. The second kappa shape index (κ2) is 5.27. The SMILES string of the molecule is O=S(=O)(On1c(-c2ccccc2)nc2ccccc21)C(F)(F)F. The Hall–Kier alpha value is -2.55. The van der Waals surface area contributed by atoms with Crippen LogP contribution in [0.3, 0.4) is 0 Å². The molecule has 9 heteroatoms. The predicted molar refractivity (Wildman–Crippen MR) is 76.7 cm³/mol. The molecule has 1 heterocycles. The molecule has 0 bridgehead atoms. The van der Waals surface area contributed by atoms with Crippen LogP contribution in [0.1, 0.15) is 0 Å². The van der Waals surface area contributed by atoms with Crippen molar-refractivity contribution in [2.24, 2.45) is 0 Å². The van der Waals surface area contributed by atoms with E-state index in [1.54, 1.807) is 48.5 Å². The molecule has 3 aromatic rings. The van der Waals surface area contributed by atoms with Gasteiger partial charge in [-0.25, -0.2) is 4.98 Å². The maximum atomic E-state index is 12.6. The van der Waals surface area contributed by atoms with Gasteiger partial charge in [0.25, 0.3) is 0 Å². The zero-order valence-corrected chi connectivity index (χ0v) is 12.2. The Labute approximate surface area is 129 Å². The van der Waals surface area contributed by atoms with Crippen molar-refractivity contribution in [2.75, 3.05) is 0 Å². The number of benzene rings is 2. The number of para-hydroxylation sites is 2. The number of hydrogen-bond donors (Lipinski definition) is 0. The molecule has 0 atom stereocenters. The lowest BCUT2D eigenvalue weighted by Crippen LogP contribution is -2.33. The number of imidazole rings is 1. The molecule has 0 aliphatic heterocycles. The van der Waals surface area contributed by atoms with Crippen LogP contribution in [0.25, 0.3) is 22.4 Å². The van der Waals surface area contributed by atoms with E-state index in [2.05, 4.69) is 9.27 Å². The van der Waals surface area contributed by atoms with Crippen LogP contribution in [0, 0.1) is 0 Å². The van der Waals surface area contributed by atoms with E-state index in [9.17, 15) is 21.6 Å². The Morgan fingerprint density at radius 2 is 1.57 bits per heavy atom. The highest BCUT2D eigenvalue weighted by Gasteiger charge is 2.49. The van der Waals surface area contributed by atoms with Crippen LogP contribution >= 0.6 is 0 Å². The summed E-state index contributed by atoms with van der Waals surface area (Å²) in [6, 6.07) is 14.3. The first-order valence-corrected chi connectivity index (χ1v) is 7.74. The smallest absolute Gasteiger partial charge is 0.279 e.